The monoisotopic (exact) mass is 168 g/mol. The predicted octanol–water partition coefficient (Wildman–Crippen LogP) is 3.13. The third-order valence-electron chi connectivity index (χ3n) is 2.32. The standard InChI is InChI=1S/C10H16O2/c1-7(2)9-5-4-8(3)6-10(9)12-11/h7,11H,3-6H2,1-2H3. The quantitative estimate of drug-likeness (QED) is 0.390. The van der Waals surface area contributed by atoms with Gasteiger partial charge in [0.15, 0.2) is 0 Å². The Labute approximate surface area is 73.5 Å². The molecule has 0 aromatic heterocycles. The first-order valence-corrected chi connectivity index (χ1v) is 4.35. The van der Waals surface area contributed by atoms with Gasteiger partial charge in [-0.3, -0.25) is 0 Å². The van der Waals surface area contributed by atoms with Crippen LogP contribution in [0.4, 0.5) is 0 Å². The number of hydrogen-bond donors (Lipinski definition) is 1. The fourth-order valence-electron chi connectivity index (χ4n) is 1.58. The summed E-state index contributed by atoms with van der Waals surface area (Å²) in [6.45, 7) is 8.11. The molecular formula is C10H16O2. The van der Waals surface area contributed by atoms with Crippen LogP contribution in [0.15, 0.2) is 23.5 Å². The van der Waals surface area contributed by atoms with Crippen LogP contribution in [0.25, 0.3) is 0 Å². The molecule has 0 atom stereocenters. The van der Waals surface area contributed by atoms with Gasteiger partial charge in [0.1, 0.15) is 5.76 Å². The van der Waals surface area contributed by atoms with Gasteiger partial charge < -0.3 is 4.89 Å². The summed E-state index contributed by atoms with van der Waals surface area (Å²) in [5, 5.41) is 8.63. The van der Waals surface area contributed by atoms with E-state index in [-0.39, 0.29) is 0 Å². The highest BCUT2D eigenvalue weighted by molar-refractivity contribution is 5.22. The summed E-state index contributed by atoms with van der Waals surface area (Å²) in [5.74, 6) is 1.17. The molecule has 68 valence electrons. The average Bonchev–Trinajstić information content (AvgIpc) is 2.03. The Hall–Kier alpha value is -0.760. The molecule has 12 heavy (non-hydrogen) atoms. The molecule has 0 unspecified atom stereocenters. The molecule has 1 aliphatic carbocycles. The minimum absolute atomic E-state index is 0.459. The van der Waals surface area contributed by atoms with Crippen LogP contribution in [-0.4, -0.2) is 5.26 Å². The second-order valence-electron chi connectivity index (χ2n) is 3.62. The topological polar surface area (TPSA) is 29.5 Å². The first kappa shape index (κ1) is 9.33. The highest BCUT2D eigenvalue weighted by Gasteiger charge is 2.18. The Balaban J connectivity index is 2.83. The van der Waals surface area contributed by atoms with Crippen molar-refractivity contribution in [2.24, 2.45) is 5.92 Å². The molecule has 1 aliphatic rings. The van der Waals surface area contributed by atoms with Crippen molar-refractivity contribution in [1.82, 2.24) is 0 Å². The van der Waals surface area contributed by atoms with Crippen molar-refractivity contribution in [3.63, 3.8) is 0 Å². The highest BCUT2D eigenvalue weighted by Crippen LogP contribution is 2.32. The molecule has 0 aromatic carbocycles. The van der Waals surface area contributed by atoms with Crippen molar-refractivity contribution in [3.05, 3.63) is 23.5 Å². The Morgan fingerprint density at radius 3 is 2.58 bits per heavy atom. The Morgan fingerprint density at radius 2 is 2.08 bits per heavy atom. The molecule has 0 amide bonds. The third-order valence-corrected chi connectivity index (χ3v) is 2.32. The molecule has 0 fully saturated rings. The summed E-state index contributed by atoms with van der Waals surface area (Å²) in [6, 6.07) is 0. The van der Waals surface area contributed by atoms with Gasteiger partial charge in [0, 0.05) is 6.42 Å². The van der Waals surface area contributed by atoms with E-state index >= 15 is 0 Å². The number of hydrogen-bond acceptors (Lipinski definition) is 2. The van der Waals surface area contributed by atoms with Crippen LogP contribution in [0.2, 0.25) is 0 Å². The fraction of sp³-hybridized carbons (Fsp3) is 0.600. The largest absolute Gasteiger partial charge is 0.344 e. The van der Waals surface area contributed by atoms with Gasteiger partial charge >= 0.3 is 0 Å². The zero-order chi connectivity index (χ0) is 9.14. The molecule has 1 N–H and O–H groups in total. The van der Waals surface area contributed by atoms with Crippen LogP contribution in [0, 0.1) is 5.92 Å². The predicted molar refractivity (Wildman–Crippen MR) is 48.6 cm³/mol. The van der Waals surface area contributed by atoms with Crippen LogP contribution in [0.5, 0.6) is 0 Å². The van der Waals surface area contributed by atoms with E-state index in [2.05, 4.69) is 25.3 Å². The smallest absolute Gasteiger partial charge is 0.145 e. The summed E-state index contributed by atoms with van der Waals surface area (Å²) in [4.78, 5) is 4.35. The fourth-order valence-corrected chi connectivity index (χ4v) is 1.58. The van der Waals surface area contributed by atoms with Gasteiger partial charge in [0.25, 0.3) is 0 Å². The minimum Gasteiger partial charge on any atom is -0.344 e. The molecule has 0 heterocycles. The van der Waals surface area contributed by atoms with Gasteiger partial charge in [-0.05, 0) is 24.3 Å². The maximum absolute atomic E-state index is 8.63. The molecule has 2 nitrogen and oxygen atoms in total. The van der Waals surface area contributed by atoms with E-state index in [1.807, 2.05) is 0 Å². The molecule has 0 saturated heterocycles. The SMILES string of the molecule is C=C1CCC(C(C)C)=C(OO)C1. The van der Waals surface area contributed by atoms with Crippen molar-refractivity contribution in [2.45, 2.75) is 33.1 Å². The van der Waals surface area contributed by atoms with Crippen LogP contribution < -0.4 is 0 Å². The van der Waals surface area contributed by atoms with E-state index in [0.29, 0.717) is 18.1 Å². The summed E-state index contributed by atoms with van der Waals surface area (Å²) >= 11 is 0. The van der Waals surface area contributed by atoms with Crippen molar-refractivity contribution in [3.8, 4) is 0 Å². The van der Waals surface area contributed by atoms with Crippen molar-refractivity contribution in [1.29, 1.82) is 0 Å². The Morgan fingerprint density at radius 1 is 1.42 bits per heavy atom. The third kappa shape index (κ3) is 1.89. The van der Waals surface area contributed by atoms with Gasteiger partial charge in [0.2, 0.25) is 0 Å². The van der Waals surface area contributed by atoms with Gasteiger partial charge in [-0.2, -0.15) is 0 Å². The van der Waals surface area contributed by atoms with Gasteiger partial charge in [0.05, 0.1) is 0 Å². The van der Waals surface area contributed by atoms with Gasteiger partial charge in [-0.25, -0.2) is 5.26 Å². The molecular weight excluding hydrogens is 152 g/mol. The molecule has 0 aliphatic heterocycles. The van der Waals surface area contributed by atoms with Crippen molar-refractivity contribution < 1.29 is 10.1 Å². The van der Waals surface area contributed by atoms with Crippen molar-refractivity contribution in [2.75, 3.05) is 0 Å². The van der Waals surface area contributed by atoms with E-state index in [1.165, 1.54) is 5.57 Å². The van der Waals surface area contributed by atoms with Crippen LogP contribution >= 0.6 is 0 Å². The van der Waals surface area contributed by atoms with E-state index in [9.17, 15) is 0 Å². The molecule has 0 aromatic rings. The highest BCUT2D eigenvalue weighted by atomic mass is 17.1. The lowest BCUT2D eigenvalue weighted by atomic mass is 9.88. The van der Waals surface area contributed by atoms with Crippen molar-refractivity contribution >= 4 is 0 Å². The number of rotatable bonds is 2. The lowest BCUT2D eigenvalue weighted by molar-refractivity contribution is -0.206. The second-order valence-corrected chi connectivity index (χ2v) is 3.62. The van der Waals surface area contributed by atoms with E-state index < -0.39 is 0 Å². The van der Waals surface area contributed by atoms with Gasteiger partial charge in [-0.15, -0.1) is 0 Å². The molecule has 0 spiro atoms. The zero-order valence-corrected chi connectivity index (χ0v) is 7.76. The average molecular weight is 168 g/mol. The summed E-state index contributed by atoms with van der Waals surface area (Å²) in [6.07, 6.45) is 2.71. The first-order chi connectivity index (χ1) is 5.65. The second kappa shape index (κ2) is 3.76. The van der Waals surface area contributed by atoms with Crippen LogP contribution in [-0.2, 0) is 4.89 Å². The lowest BCUT2D eigenvalue weighted by Crippen LogP contribution is -2.08. The van der Waals surface area contributed by atoms with E-state index in [0.717, 1.165) is 18.4 Å². The van der Waals surface area contributed by atoms with Crippen LogP contribution in [0.1, 0.15) is 33.1 Å². The molecule has 2 heteroatoms. The maximum atomic E-state index is 8.63. The van der Waals surface area contributed by atoms with Crippen LogP contribution in [0.3, 0.4) is 0 Å². The summed E-state index contributed by atoms with van der Waals surface area (Å²) in [5.41, 5.74) is 2.37. The molecule has 0 bridgehead atoms. The normalized spacial score (nSPS) is 18.8. The molecule has 0 saturated carbocycles. The maximum Gasteiger partial charge on any atom is 0.145 e. The first-order valence-electron chi connectivity index (χ1n) is 4.35. The summed E-state index contributed by atoms with van der Waals surface area (Å²) < 4.78 is 0. The molecule has 0 radical (unpaired) electrons. The number of allylic oxidation sites excluding steroid dienone is 2. The minimum atomic E-state index is 0.459. The lowest BCUT2D eigenvalue weighted by Gasteiger charge is -2.21. The van der Waals surface area contributed by atoms with E-state index in [1.54, 1.807) is 0 Å². The van der Waals surface area contributed by atoms with E-state index in [4.69, 9.17) is 5.26 Å². The summed E-state index contributed by atoms with van der Waals surface area (Å²) in [7, 11) is 0. The Kier molecular flexibility index (Phi) is 2.93. The zero-order valence-electron chi connectivity index (χ0n) is 7.76. The molecule has 1 rings (SSSR count). The van der Waals surface area contributed by atoms with Gasteiger partial charge in [-0.1, -0.05) is 26.0 Å². The Bertz CT molecular complexity index is 214.